The number of furan rings is 1. The molecule has 0 spiro atoms. The van der Waals surface area contributed by atoms with Crippen LogP contribution in [0.2, 0.25) is 0 Å². The molecule has 4 aromatic rings. The average molecular weight is 472 g/mol. The first-order chi connectivity index (χ1) is 17.0. The van der Waals surface area contributed by atoms with Gasteiger partial charge in [0.2, 0.25) is 0 Å². The smallest absolute Gasteiger partial charge is 0.339 e. The van der Waals surface area contributed by atoms with Crippen molar-refractivity contribution in [3.05, 3.63) is 59.9 Å². The number of aromatic nitrogens is 2. The van der Waals surface area contributed by atoms with E-state index in [1.54, 1.807) is 18.3 Å². The van der Waals surface area contributed by atoms with Crippen molar-refractivity contribution >= 4 is 22.8 Å². The van der Waals surface area contributed by atoms with Crippen molar-refractivity contribution in [2.24, 2.45) is 0 Å². The van der Waals surface area contributed by atoms with Gasteiger partial charge in [0, 0.05) is 37.1 Å². The molecular weight excluding hydrogens is 451 g/mol. The highest BCUT2D eigenvalue weighted by Gasteiger charge is 2.24. The van der Waals surface area contributed by atoms with E-state index in [-0.39, 0.29) is 5.56 Å². The largest absolute Gasteiger partial charge is 0.494 e. The van der Waals surface area contributed by atoms with Gasteiger partial charge in [0.1, 0.15) is 29.2 Å². The molecule has 1 aromatic carbocycles. The number of anilines is 1. The molecule has 35 heavy (non-hydrogen) atoms. The van der Waals surface area contributed by atoms with Crippen LogP contribution >= 0.6 is 0 Å². The number of fused-ring (bicyclic) bond motifs is 1. The Labute approximate surface area is 200 Å². The van der Waals surface area contributed by atoms with E-state index in [0.29, 0.717) is 53.4 Å². The third-order valence-corrected chi connectivity index (χ3v) is 6.04. The zero-order valence-corrected chi connectivity index (χ0v) is 19.1. The fraction of sp³-hybridized carbons (Fsp3) is 0.231. The van der Waals surface area contributed by atoms with E-state index < -0.39 is 12.1 Å². The van der Waals surface area contributed by atoms with Gasteiger partial charge in [-0.1, -0.05) is 6.07 Å². The fourth-order valence-corrected chi connectivity index (χ4v) is 4.30. The van der Waals surface area contributed by atoms with Gasteiger partial charge in [-0.25, -0.2) is 14.2 Å². The molecule has 1 atom stereocenters. The monoisotopic (exact) mass is 472 g/mol. The number of rotatable bonds is 5. The zero-order chi connectivity index (χ0) is 24.5. The number of hydrogen-bond donors (Lipinski definition) is 0. The molecule has 9 heteroatoms. The van der Waals surface area contributed by atoms with E-state index in [1.165, 1.54) is 26.5 Å². The van der Waals surface area contributed by atoms with Crippen molar-refractivity contribution in [1.82, 2.24) is 9.97 Å². The summed E-state index contributed by atoms with van der Waals surface area (Å²) in [6, 6.07) is 12.8. The molecule has 0 saturated carbocycles. The van der Waals surface area contributed by atoms with Crippen molar-refractivity contribution in [3.8, 4) is 34.4 Å². The normalized spacial score (nSPS) is 15.3. The van der Waals surface area contributed by atoms with Gasteiger partial charge < -0.3 is 18.8 Å². The highest BCUT2D eigenvalue weighted by atomic mass is 19.1. The molecule has 1 fully saturated rings. The molecule has 0 N–H and O–H groups in total. The number of nitrogens with zero attached hydrogens (tertiary/aromatic N) is 4. The first-order valence-corrected chi connectivity index (χ1v) is 11.0. The van der Waals surface area contributed by atoms with E-state index in [9.17, 15) is 14.4 Å². The van der Waals surface area contributed by atoms with Gasteiger partial charge in [0.15, 0.2) is 11.3 Å². The second kappa shape index (κ2) is 9.06. The van der Waals surface area contributed by atoms with Crippen LogP contribution in [0, 0.1) is 11.3 Å². The summed E-state index contributed by atoms with van der Waals surface area (Å²) >= 11 is 0. The van der Waals surface area contributed by atoms with Crippen LogP contribution in [0.15, 0.2) is 53.2 Å². The molecule has 1 unspecified atom stereocenters. The van der Waals surface area contributed by atoms with Crippen LogP contribution in [-0.2, 0) is 4.74 Å². The Morgan fingerprint density at radius 3 is 2.80 bits per heavy atom. The van der Waals surface area contributed by atoms with Crippen LogP contribution in [0.1, 0.15) is 22.3 Å². The van der Waals surface area contributed by atoms with Crippen molar-refractivity contribution in [1.29, 1.82) is 5.26 Å². The molecule has 1 aliphatic heterocycles. The van der Waals surface area contributed by atoms with Crippen molar-refractivity contribution < 1.29 is 23.1 Å². The summed E-state index contributed by atoms with van der Waals surface area (Å²) in [5.41, 5.74) is 4.49. The lowest BCUT2D eigenvalue weighted by Gasteiger charge is -2.19. The van der Waals surface area contributed by atoms with E-state index in [2.05, 4.69) is 16.0 Å². The van der Waals surface area contributed by atoms with Crippen molar-refractivity contribution in [2.75, 3.05) is 32.2 Å². The van der Waals surface area contributed by atoms with Gasteiger partial charge in [-0.2, -0.15) is 5.26 Å². The van der Waals surface area contributed by atoms with Gasteiger partial charge in [-0.05, 0) is 36.2 Å². The minimum Gasteiger partial charge on any atom is -0.494 e. The molecular formula is C26H21FN4O4. The summed E-state index contributed by atoms with van der Waals surface area (Å²) in [6.45, 7) is 0.874. The Morgan fingerprint density at radius 2 is 2.09 bits per heavy atom. The fourth-order valence-electron chi connectivity index (χ4n) is 4.30. The number of carbonyl (C=O) groups excluding carboxylic acids is 1. The van der Waals surface area contributed by atoms with E-state index in [4.69, 9.17) is 13.9 Å². The number of methoxy groups -OCH3 is 2. The molecule has 0 amide bonds. The average Bonchev–Trinajstić information content (AvgIpc) is 3.53. The number of nitriles is 1. The number of carbonyl (C=O) groups is 1. The molecule has 5 rings (SSSR count). The SMILES string of the molecule is COC(=O)c1cnc(-c2cc3nccc(-c4ccc(N5CCC(F)C5)c(C#N)c4)c3o2)c(OC)c1. The van der Waals surface area contributed by atoms with Crippen molar-refractivity contribution in [2.45, 2.75) is 12.6 Å². The van der Waals surface area contributed by atoms with Crippen molar-refractivity contribution in [3.63, 3.8) is 0 Å². The number of benzene rings is 1. The lowest BCUT2D eigenvalue weighted by atomic mass is 10.0. The molecule has 0 radical (unpaired) electrons. The molecule has 0 aliphatic carbocycles. The van der Waals surface area contributed by atoms with Crippen LogP contribution in [-0.4, -0.2) is 49.4 Å². The minimum absolute atomic E-state index is 0.254. The number of hydrogen-bond acceptors (Lipinski definition) is 8. The van der Waals surface area contributed by atoms with Crippen LogP contribution in [0.3, 0.4) is 0 Å². The third-order valence-electron chi connectivity index (χ3n) is 6.04. The van der Waals surface area contributed by atoms with Crippen LogP contribution in [0.25, 0.3) is 33.7 Å². The van der Waals surface area contributed by atoms with Gasteiger partial charge in [0.05, 0.1) is 31.0 Å². The Morgan fingerprint density at radius 1 is 1.23 bits per heavy atom. The first-order valence-electron chi connectivity index (χ1n) is 11.0. The second-order valence-electron chi connectivity index (χ2n) is 8.13. The third kappa shape index (κ3) is 4.04. The molecule has 3 aromatic heterocycles. The first kappa shape index (κ1) is 22.3. The Balaban J connectivity index is 1.56. The molecule has 4 heterocycles. The number of esters is 1. The lowest BCUT2D eigenvalue weighted by Crippen LogP contribution is -2.20. The quantitative estimate of drug-likeness (QED) is 0.383. The highest BCUT2D eigenvalue weighted by molar-refractivity contribution is 5.94. The van der Waals surface area contributed by atoms with Crippen LogP contribution < -0.4 is 9.64 Å². The predicted octanol–water partition coefficient (Wildman–Crippen LogP) is 4.77. The topological polar surface area (TPSA) is 101 Å². The minimum atomic E-state index is -0.880. The van der Waals surface area contributed by atoms with Crippen LogP contribution in [0.5, 0.6) is 5.75 Å². The summed E-state index contributed by atoms with van der Waals surface area (Å²) in [6.07, 6.45) is 2.64. The molecule has 176 valence electrons. The lowest BCUT2D eigenvalue weighted by molar-refractivity contribution is 0.0600. The molecule has 0 bridgehead atoms. The summed E-state index contributed by atoms with van der Waals surface area (Å²) in [5, 5.41) is 9.76. The Kier molecular flexibility index (Phi) is 5.79. The van der Waals surface area contributed by atoms with Gasteiger partial charge in [-0.15, -0.1) is 0 Å². The molecule has 8 nitrogen and oxygen atoms in total. The maximum absolute atomic E-state index is 13.7. The molecule has 1 saturated heterocycles. The zero-order valence-electron chi connectivity index (χ0n) is 19.1. The number of halogens is 1. The number of ether oxygens (including phenoxy) is 2. The predicted molar refractivity (Wildman–Crippen MR) is 127 cm³/mol. The maximum atomic E-state index is 13.7. The van der Waals surface area contributed by atoms with Gasteiger partial charge in [-0.3, -0.25) is 4.98 Å². The highest BCUT2D eigenvalue weighted by Crippen LogP contribution is 2.37. The number of pyridine rings is 2. The van der Waals surface area contributed by atoms with E-state index in [0.717, 1.165) is 16.8 Å². The molecule has 1 aliphatic rings. The Bertz CT molecular complexity index is 1480. The summed E-state index contributed by atoms with van der Waals surface area (Å²) < 4.78 is 30.0. The van der Waals surface area contributed by atoms with Gasteiger partial charge >= 0.3 is 5.97 Å². The summed E-state index contributed by atoms with van der Waals surface area (Å²) in [5.74, 6) is 0.237. The maximum Gasteiger partial charge on any atom is 0.339 e. The second-order valence-corrected chi connectivity index (χ2v) is 8.13. The number of alkyl halides is 1. The van der Waals surface area contributed by atoms with Gasteiger partial charge in [0.25, 0.3) is 0 Å². The van der Waals surface area contributed by atoms with E-state index >= 15 is 0 Å². The van der Waals surface area contributed by atoms with Crippen LogP contribution in [0.4, 0.5) is 10.1 Å². The summed E-state index contributed by atoms with van der Waals surface area (Å²) in [7, 11) is 2.77. The van der Waals surface area contributed by atoms with E-state index in [1.807, 2.05) is 23.1 Å². The summed E-state index contributed by atoms with van der Waals surface area (Å²) in [4.78, 5) is 22.5. The standard InChI is InChI=1S/C26H21FN4O4/c1-33-22-10-17(26(32)34-2)13-30-24(22)23-11-20-25(35-23)19(5-7-29-20)15-3-4-21(16(9-15)12-28)31-8-6-18(27)14-31/h3-5,7,9-11,13,18H,6,8,14H2,1-2H3. The Hall–Kier alpha value is -4.45.